The summed E-state index contributed by atoms with van der Waals surface area (Å²) < 4.78 is 0. The number of nitrogens with two attached hydrogens (primary N) is 1. The normalized spacial score (nSPS) is 9.70. The molecule has 0 fully saturated rings. The Bertz CT molecular complexity index is 498. The molecule has 0 aliphatic carbocycles. The van der Waals surface area contributed by atoms with E-state index in [1.807, 2.05) is 13.8 Å². The van der Waals surface area contributed by atoms with Crippen molar-refractivity contribution in [3.8, 4) is 0 Å². The molecule has 0 aliphatic heterocycles. The van der Waals surface area contributed by atoms with E-state index in [2.05, 4.69) is 22.9 Å². The summed E-state index contributed by atoms with van der Waals surface area (Å²) >= 11 is 9.70. The third-order valence-electron chi connectivity index (χ3n) is 2.68. The Hall–Kier alpha value is -1.73. The number of anilines is 1. The van der Waals surface area contributed by atoms with E-state index in [0.717, 1.165) is 5.69 Å². The molecule has 0 aromatic heterocycles. The zero-order valence-corrected chi connectivity index (χ0v) is 13.1. The molecule has 0 aliphatic rings. The molecule has 108 valence electrons. The van der Waals surface area contributed by atoms with Crippen molar-refractivity contribution in [3.63, 3.8) is 0 Å². The second-order valence-electron chi connectivity index (χ2n) is 4.00. The molecule has 0 saturated heterocycles. The second-order valence-corrected chi connectivity index (χ2v) is 4.85. The largest absolute Gasteiger partial charge is 0.376 e. The Labute approximate surface area is 129 Å². The van der Waals surface area contributed by atoms with Gasteiger partial charge in [0.1, 0.15) is 0 Å². The fraction of sp³-hybridized carbons (Fsp3) is 0.308. The van der Waals surface area contributed by atoms with Gasteiger partial charge in [0.15, 0.2) is 10.2 Å². The maximum absolute atomic E-state index is 12.1. The van der Waals surface area contributed by atoms with Gasteiger partial charge in [-0.3, -0.25) is 4.79 Å². The van der Waals surface area contributed by atoms with Crippen LogP contribution in [0.15, 0.2) is 24.3 Å². The third kappa shape index (κ3) is 4.75. The maximum Gasteiger partial charge on any atom is 0.253 e. The minimum absolute atomic E-state index is 0.0189. The van der Waals surface area contributed by atoms with E-state index in [1.54, 1.807) is 29.2 Å². The lowest BCUT2D eigenvalue weighted by molar-refractivity contribution is 0.0773. The lowest BCUT2D eigenvalue weighted by Crippen LogP contribution is -2.37. The van der Waals surface area contributed by atoms with Gasteiger partial charge in [-0.05, 0) is 62.5 Å². The van der Waals surface area contributed by atoms with Crippen LogP contribution in [-0.4, -0.2) is 34.1 Å². The van der Waals surface area contributed by atoms with E-state index in [9.17, 15) is 4.79 Å². The number of amides is 1. The van der Waals surface area contributed by atoms with Crippen molar-refractivity contribution in [2.45, 2.75) is 13.8 Å². The quantitative estimate of drug-likeness (QED) is 0.735. The van der Waals surface area contributed by atoms with Crippen LogP contribution < -0.4 is 16.4 Å². The van der Waals surface area contributed by atoms with E-state index < -0.39 is 0 Å². The van der Waals surface area contributed by atoms with Crippen molar-refractivity contribution in [3.05, 3.63) is 29.8 Å². The zero-order valence-electron chi connectivity index (χ0n) is 11.5. The van der Waals surface area contributed by atoms with Gasteiger partial charge in [-0.15, -0.1) is 0 Å². The molecule has 5 nitrogen and oxygen atoms in total. The molecule has 20 heavy (non-hydrogen) atoms. The molecule has 1 amide bonds. The zero-order chi connectivity index (χ0) is 15.1. The number of nitrogens with zero attached hydrogens (tertiary/aromatic N) is 1. The standard InChI is InChI=1S/C13H18N4OS2/c1-3-17(4-2)11(18)9-5-7-10(8-6-9)15-13(20)16-12(14)19/h5-8H,3-4H2,1-2H3,(H4,14,15,16,19,20). The smallest absolute Gasteiger partial charge is 0.253 e. The highest BCUT2D eigenvalue weighted by atomic mass is 32.1. The van der Waals surface area contributed by atoms with Gasteiger partial charge in [0.2, 0.25) is 0 Å². The lowest BCUT2D eigenvalue weighted by Gasteiger charge is -2.18. The van der Waals surface area contributed by atoms with Gasteiger partial charge < -0.3 is 21.3 Å². The molecule has 1 aromatic carbocycles. The Morgan fingerprint density at radius 2 is 1.75 bits per heavy atom. The molecule has 0 bridgehead atoms. The molecular weight excluding hydrogens is 292 g/mol. The monoisotopic (exact) mass is 310 g/mol. The maximum atomic E-state index is 12.1. The van der Waals surface area contributed by atoms with Crippen molar-refractivity contribution in [2.75, 3.05) is 18.4 Å². The average Bonchev–Trinajstić information content (AvgIpc) is 2.39. The van der Waals surface area contributed by atoms with Crippen LogP contribution >= 0.6 is 24.4 Å². The van der Waals surface area contributed by atoms with Crippen molar-refractivity contribution >= 4 is 46.3 Å². The molecule has 1 aromatic rings. The number of carbonyl (C=O) groups excluding carboxylic acids is 1. The van der Waals surface area contributed by atoms with Crippen LogP contribution in [0.2, 0.25) is 0 Å². The number of benzene rings is 1. The van der Waals surface area contributed by atoms with Crippen molar-refractivity contribution in [1.82, 2.24) is 10.2 Å². The van der Waals surface area contributed by atoms with E-state index in [4.69, 9.17) is 18.0 Å². The van der Waals surface area contributed by atoms with Crippen LogP contribution in [0, 0.1) is 0 Å². The highest BCUT2D eigenvalue weighted by Gasteiger charge is 2.11. The number of nitrogens with one attached hydrogen (secondary N) is 2. The SMILES string of the molecule is CCN(CC)C(=O)c1ccc(NC(=S)NC(N)=S)cc1. The number of carbonyl (C=O) groups is 1. The van der Waals surface area contributed by atoms with Crippen molar-refractivity contribution in [1.29, 1.82) is 0 Å². The van der Waals surface area contributed by atoms with E-state index >= 15 is 0 Å². The first-order valence-corrected chi connectivity index (χ1v) is 7.06. The Morgan fingerprint density at radius 1 is 1.20 bits per heavy atom. The van der Waals surface area contributed by atoms with Gasteiger partial charge in [-0.1, -0.05) is 0 Å². The number of hydrogen-bond donors (Lipinski definition) is 3. The summed E-state index contributed by atoms with van der Waals surface area (Å²) in [6.45, 7) is 5.29. The summed E-state index contributed by atoms with van der Waals surface area (Å²) in [7, 11) is 0. The summed E-state index contributed by atoms with van der Waals surface area (Å²) in [5, 5.41) is 5.97. The Morgan fingerprint density at radius 3 is 2.20 bits per heavy atom. The first-order valence-electron chi connectivity index (χ1n) is 6.24. The van der Waals surface area contributed by atoms with Crippen LogP contribution in [0.25, 0.3) is 0 Å². The molecule has 0 radical (unpaired) electrons. The molecule has 4 N–H and O–H groups in total. The Balaban J connectivity index is 2.71. The summed E-state index contributed by atoms with van der Waals surface area (Å²) in [6, 6.07) is 7.08. The summed E-state index contributed by atoms with van der Waals surface area (Å²) in [5.41, 5.74) is 6.72. The van der Waals surface area contributed by atoms with Crippen LogP contribution in [0.5, 0.6) is 0 Å². The highest BCUT2D eigenvalue weighted by Crippen LogP contribution is 2.11. The van der Waals surface area contributed by atoms with Gasteiger partial charge in [0.05, 0.1) is 0 Å². The molecule has 0 spiro atoms. The second kappa shape index (κ2) is 7.76. The Kier molecular flexibility index (Phi) is 6.33. The van der Waals surface area contributed by atoms with E-state index in [0.29, 0.717) is 23.8 Å². The molecule has 0 unspecified atom stereocenters. The van der Waals surface area contributed by atoms with Crippen molar-refractivity contribution < 1.29 is 4.79 Å². The van der Waals surface area contributed by atoms with Crippen molar-refractivity contribution in [2.24, 2.45) is 5.73 Å². The highest BCUT2D eigenvalue weighted by molar-refractivity contribution is 7.82. The number of hydrogen-bond acceptors (Lipinski definition) is 3. The van der Waals surface area contributed by atoms with Crippen LogP contribution in [0.3, 0.4) is 0 Å². The molecule has 7 heteroatoms. The van der Waals surface area contributed by atoms with Gasteiger partial charge in [0.25, 0.3) is 5.91 Å². The van der Waals surface area contributed by atoms with Gasteiger partial charge >= 0.3 is 0 Å². The number of rotatable bonds is 4. The number of thiocarbonyl (C=S) groups is 2. The summed E-state index contributed by atoms with van der Waals surface area (Å²) in [6.07, 6.45) is 0. The summed E-state index contributed by atoms with van der Waals surface area (Å²) in [4.78, 5) is 13.9. The fourth-order valence-corrected chi connectivity index (χ4v) is 2.06. The third-order valence-corrected chi connectivity index (χ3v) is 2.98. The summed E-state index contributed by atoms with van der Waals surface area (Å²) in [5.74, 6) is 0.0189. The predicted molar refractivity (Wildman–Crippen MR) is 89.8 cm³/mol. The minimum atomic E-state index is 0.0189. The van der Waals surface area contributed by atoms with Crippen LogP contribution in [0.4, 0.5) is 5.69 Å². The molecule has 0 heterocycles. The van der Waals surface area contributed by atoms with Crippen LogP contribution in [-0.2, 0) is 0 Å². The van der Waals surface area contributed by atoms with E-state index in [1.165, 1.54) is 0 Å². The molecule has 0 atom stereocenters. The topological polar surface area (TPSA) is 70.4 Å². The minimum Gasteiger partial charge on any atom is -0.376 e. The van der Waals surface area contributed by atoms with Gasteiger partial charge in [-0.2, -0.15) is 0 Å². The van der Waals surface area contributed by atoms with Gasteiger partial charge in [0, 0.05) is 24.3 Å². The predicted octanol–water partition coefficient (Wildman–Crippen LogP) is 1.70. The molecule has 0 saturated carbocycles. The van der Waals surface area contributed by atoms with Gasteiger partial charge in [-0.25, -0.2) is 0 Å². The average molecular weight is 310 g/mol. The van der Waals surface area contributed by atoms with E-state index in [-0.39, 0.29) is 11.0 Å². The fourth-order valence-electron chi connectivity index (χ4n) is 1.66. The molecule has 1 rings (SSSR count). The lowest BCUT2D eigenvalue weighted by atomic mass is 10.2. The van der Waals surface area contributed by atoms with Crippen LogP contribution in [0.1, 0.15) is 24.2 Å². The first kappa shape index (κ1) is 16.3. The molecular formula is C13H18N4OS2. The first-order chi connectivity index (χ1) is 9.47.